The number of ether oxygens (including phenoxy) is 1. The molecule has 0 spiro atoms. The summed E-state index contributed by atoms with van der Waals surface area (Å²) in [4.78, 5) is 2.39. The topological polar surface area (TPSA) is 17.4 Å². The van der Waals surface area contributed by atoms with Crippen LogP contribution in [0.4, 0.5) is 0 Å². The van der Waals surface area contributed by atoms with Crippen LogP contribution in [0.2, 0.25) is 0 Å². The molecular formula is C16H20N2O. The third-order valence-electron chi connectivity index (χ3n) is 4.04. The van der Waals surface area contributed by atoms with E-state index in [4.69, 9.17) is 4.74 Å². The fraction of sp³-hybridized carbons (Fsp3) is 0.375. The molecule has 0 amide bonds. The number of methoxy groups -OCH3 is 1. The van der Waals surface area contributed by atoms with Gasteiger partial charge in [-0.25, -0.2) is 0 Å². The molecular weight excluding hydrogens is 236 g/mol. The van der Waals surface area contributed by atoms with Crippen LogP contribution in [0.25, 0.3) is 0 Å². The number of aromatic nitrogens is 1. The zero-order chi connectivity index (χ0) is 13.4. The number of nitrogens with zero attached hydrogens (tertiary/aromatic N) is 2. The first-order valence-electron chi connectivity index (χ1n) is 6.65. The molecule has 1 aromatic carbocycles. The number of aryl methyl sites for hydroxylation is 1. The van der Waals surface area contributed by atoms with Crippen molar-refractivity contribution in [3.8, 4) is 5.75 Å². The fourth-order valence-corrected chi connectivity index (χ4v) is 2.95. The van der Waals surface area contributed by atoms with E-state index in [9.17, 15) is 0 Å². The molecule has 1 aliphatic rings. The minimum absolute atomic E-state index is 0.459. The number of likely N-dealkylation sites (N-methyl/N-ethyl adjacent to an activating group) is 1. The van der Waals surface area contributed by atoms with Crippen LogP contribution in [0.5, 0.6) is 5.75 Å². The van der Waals surface area contributed by atoms with Gasteiger partial charge in [-0.1, -0.05) is 12.1 Å². The Hall–Kier alpha value is -1.74. The molecule has 1 aliphatic heterocycles. The molecule has 19 heavy (non-hydrogen) atoms. The van der Waals surface area contributed by atoms with E-state index in [1.165, 1.54) is 16.8 Å². The van der Waals surface area contributed by atoms with Crippen LogP contribution < -0.4 is 4.74 Å². The lowest BCUT2D eigenvalue weighted by atomic mass is 9.88. The first-order chi connectivity index (χ1) is 9.19. The van der Waals surface area contributed by atoms with E-state index in [1.807, 2.05) is 12.1 Å². The highest BCUT2D eigenvalue weighted by Gasteiger charge is 2.26. The predicted octanol–water partition coefficient (Wildman–Crippen LogP) is 2.61. The molecule has 1 atom stereocenters. The highest BCUT2D eigenvalue weighted by Crippen LogP contribution is 2.33. The summed E-state index contributed by atoms with van der Waals surface area (Å²) in [5.74, 6) is 1.38. The molecule has 2 heterocycles. The van der Waals surface area contributed by atoms with Crippen molar-refractivity contribution in [1.82, 2.24) is 9.47 Å². The fourth-order valence-electron chi connectivity index (χ4n) is 2.95. The van der Waals surface area contributed by atoms with Gasteiger partial charge in [-0.15, -0.1) is 0 Å². The zero-order valence-electron chi connectivity index (χ0n) is 11.8. The summed E-state index contributed by atoms with van der Waals surface area (Å²) in [7, 11) is 6.02. The molecule has 3 heteroatoms. The Balaban J connectivity index is 1.99. The van der Waals surface area contributed by atoms with Crippen molar-refractivity contribution in [2.75, 3.05) is 20.7 Å². The lowest BCUT2D eigenvalue weighted by Gasteiger charge is -2.31. The van der Waals surface area contributed by atoms with Gasteiger partial charge in [-0.3, -0.25) is 4.90 Å². The maximum Gasteiger partial charge on any atom is 0.118 e. The second kappa shape index (κ2) is 4.74. The average molecular weight is 256 g/mol. The van der Waals surface area contributed by atoms with E-state index in [0.717, 1.165) is 18.8 Å². The highest BCUT2D eigenvalue weighted by molar-refractivity contribution is 5.40. The summed E-state index contributed by atoms with van der Waals surface area (Å²) in [6.45, 7) is 2.11. The first-order valence-corrected chi connectivity index (χ1v) is 6.65. The lowest BCUT2D eigenvalue weighted by Crippen LogP contribution is -2.31. The molecule has 0 saturated heterocycles. The number of fused-ring (bicyclic) bond motifs is 1. The smallest absolute Gasteiger partial charge is 0.118 e. The van der Waals surface area contributed by atoms with Crippen LogP contribution in [0, 0.1) is 0 Å². The molecule has 2 aromatic rings. The summed E-state index contributed by atoms with van der Waals surface area (Å²) in [6, 6.07) is 10.7. The minimum atomic E-state index is 0.459. The summed E-state index contributed by atoms with van der Waals surface area (Å²) >= 11 is 0. The number of rotatable bonds is 2. The van der Waals surface area contributed by atoms with Crippen molar-refractivity contribution in [2.24, 2.45) is 7.05 Å². The van der Waals surface area contributed by atoms with Gasteiger partial charge in [-0.05, 0) is 36.4 Å². The minimum Gasteiger partial charge on any atom is -0.497 e. The second-order valence-electron chi connectivity index (χ2n) is 5.35. The zero-order valence-corrected chi connectivity index (χ0v) is 11.8. The third kappa shape index (κ3) is 2.15. The highest BCUT2D eigenvalue weighted by atomic mass is 16.5. The summed E-state index contributed by atoms with van der Waals surface area (Å²) in [5.41, 5.74) is 4.25. The number of benzene rings is 1. The van der Waals surface area contributed by atoms with E-state index < -0.39 is 0 Å². The van der Waals surface area contributed by atoms with Gasteiger partial charge < -0.3 is 9.30 Å². The van der Waals surface area contributed by atoms with Crippen molar-refractivity contribution >= 4 is 0 Å². The van der Waals surface area contributed by atoms with Crippen molar-refractivity contribution in [3.63, 3.8) is 0 Å². The van der Waals surface area contributed by atoms with Crippen LogP contribution >= 0.6 is 0 Å². The molecule has 0 saturated carbocycles. The third-order valence-corrected chi connectivity index (χ3v) is 4.04. The van der Waals surface area contributed by atoms with Gasteiger partial charge in [0.05, 0.1) is 7.11 Å². The summed E-state index contributed by atoms with van der Waals surface area (Å²) < 4.78 is 7.47. The standard InChI is InChI=1S/C16H20N2O/c1-17-10-15(12-4-6-13(19-3)7-5-12)14-8-9-18(2)16(14)11-17/h4-9,15H,10-11H2,1-3H3. The Morgan fingerprint density at radius 3 is 2.53 bits per heavy atom. The Labute approximate surface area is 114 Å². The van der Waals surface area contributed by atoms with Crippen molar-refractivity contribution in [2.45, 2.75) is 12.5 Å². The van der Waals surface area contributed by atoms with Gasteiger partial charge in [0.1, 0.15) is 5.75 Å². The maximum absolute atomic E-state index is 5.24. The average Bonchev–Trinajstić information content (AvgIpc) is 2.80. The van der Waals surface area contributed by atoms with Gasteiger partial charge in [0.2, 0.25) is 0 Å². The predicted molar refractivity (Wildman–Crippen MR) is 76.6 cm³/mol. The Kier molecular flexibility index (Phi) is 3.07. The molecule has 0 aliphatic carbocycles. The van der Waals surface area contributed by atoms with Crippen LogP contribution in [0.3, 0.4) is 0 Å². The van der Waals surface area contributed by atoms with Gasteiger partial charge in [0, 0.05) is 37.9 Å². The van der Waals surface area contributed by atoms with Crippen LogP contribution in [-0.2, 0) is 13.6 Å². The normalized spacial score (nSPS) is 19.2. The van der Waals surface area contributed by atoms with E-state index in [1.54, 1.807) is 7.11 Å². The molecule has 1 unspecified atom stereocenters. The van der Waals surface area contributed by atoms with Crippen LogP contribution in [0.15, 0.2) is 36.5 Å². The van der Waals surface area contributed by atoms with E-state index in [0.29, 0.717) is 5.92 Å². The largest absolute Gasteiger partial charge is 0.497 e. The molecule has 0 fully saturated rings. The Bertz CT molecular complexity index is 571. The monoisotopic (exact) mass is 256 g/mol. The maximum atomic E-state index is 5.24. The SMILES string of the molecule is COc1ccc(C2CN(C)Cc3c2ccn3C)cc1. The first kappa shape index (κ1) is 12.3. The molecule has 3 nitrogen and oxygen atoms in total. The van der Waals surface area contributed by atoms with Gasteiger partial charge in [0.25, 0.3) is 0 Å². The second-order valence-corrected chi connectivity index (χ2v) is 5.35. The van der Waals surface area contributed by atoms with E-state index in [-0.39, 0.29) is 0 Å². The number of hydrogen-bond acceptors (Lipinski definition) is 2. The molecule has 0 bridgehead atoms. The summed E-state index contributed by atoms with van der Waals surface area (Å²) in [6.07, 6.45) is 2.17. The molecule has 0 radical (unpaired) electrons. The molecule has 100 valence electrons. The number of hydrogen-bond donors (Lipinski definition) is 0. The Morgan fingerprint density at radius 2 is 1.84 bits per heavy atom. The van der Waals surface area contributed by atoms with Gasteiger partial charge in [-0.2, -0.15) is 0 Å². The molecule has 3 rings (SSSR count). The van der Waals surface area contributed by atoms with E-state index >= 15 is 0 Å². The summed E-state index contributed by atoms with van der Waals surface area (Å²) in [5, 5.41) is 0. The quantitative estimate of drug-likeness (QED) is 0.822. The lowest BCUT2D eigenvalue weighted by molar-refractivity contribution is 0.287. The van der Waals surface area contributed by atoms with E-state index in [2.05, 4.69) is 48.0 Å². The van der Waals surface area contributed by atoms with Crippen molar-refractivity contribution in [1.29, 1.82) is 0 Å². The van der Waals surface area contributed by atoms with Crippen LogP contribution in [0.1, 0.15) is 22.7 Å². The molecule has 0 N–H and O–H groups in total. The van der Waals surface area contributed by atoms with Crippen molar-refractivity contribution in [3.05, 3.63) is 53.3 Å². The Morgan fingerprint density at radius 1 is 1.11 bits per heavy atom. The van der Waals surface area contributed by atoms with Gasteiger partial charge in [0.15, 0.2) is 0 Å². The van der Waals surface area contributed by atoms with Crippen molar-refractivity contribution < 1.29 is 4.74 Å². The van der Waals surface area contributed by atoms with Gasteiger partial charge >= 0.3 is 0 Å². The van der Waals surface area contributed by atoms with Crippen LogP contribution in [-0.4, -0.2) is 30.2 Å². The molecule has 1 aromatic heterocycles.